The standard InChI is InChI=1S/C26H31NO3/c1-18(2)27-14-13-22-16-21(9-10-24(22)27)23-15-19(8-12-26(28)29)7-11-25(23)30-17-20-5-3-4-6-20/h7,9-11,13-16,18,20H,3-6,8,12,17H2,1-2H3,(H,28,29). The van der Waals surface area contributed by atoms with E-state index in [0.717, 1.165) is 29.0 Å². The van der Waals surface area contributed by atoms with Gasteiger partial charge in [-0.25, -0.2) is 0 Å². The van der Waals surface area contributed by atoms with Crippen molar-refractivity contribution in [2.45, 2.75) is 58.4 Å². The molecule has 1 N–H and O–H groups in total. The molecule has 30 heavy (non-hydrogen) atoms. The van der Waals surface area contributed by atoms with Gasteiger partial charge in [0.25, 0.3) is 0 Å². The van der Waals surface area contributed by atoms with E-state index in [2.05, 4.69) is 54.9 Å². The highest BCUT2D eigenvalue weighted by Gasteiger charge is 2.17. The highest BCUT2D eigenvalue weighted by molar-refractivity contribution is 5.87. The molecule has 158 valence electrons. The molecule has 1 saturated carbocycles. The highest BCUT2D eigenvalue weighted by atomic mass is 16.5. The van der Waals surface area contributed by atoms with Crippen LogP contribution in [0.15, 0.2) is 48.7 Å². The Morgan fingerprint density at radius 2 is 1.93 bits per heavy atom. The number of aromatic nitrogens is 1. The maximum Gasteiger partial charge on any atom is 0.303 e. The molecule has 0 saturated heterocycles. The molecule has 2 aromatic carbocycles. The van der Waals surface area contributed by atoms with E-state index < -0.39 is 5.97 Å². The summed E-state index contributed by atoms with van der Waals surface area (Å²) in [5, 5.41) is 10.3. The van der Waals surface area contributed by atoms with E-state index in [0.29, 0.717) is 18.4 Å². The first-order valence-electron chi connectivity index (χ1n) is 11.1. The molecule has 4 heteroatoms. The van der Waals surface area contributed by atoms with Crippen molar-refractivity contribution in [1.82, 2.24) is 4.57 Å². The lowest BCUT2D eigenvalue weighted by Gasteiger charge is -2.17. The van der Waals surface area contributed by atoms with Gasteiger partial charge >= 0.3 is 5.97 Å². The molecule has 4 rings (SSSR count). The number of carboxylic acids is 1. The normalized spacial score (nSPS) is 14.6. The zero-order valence-electron chi connectivity index (χ0n) is 17.9. The number of fused-ring (bicyclic) bond motifs is 1. The average Bonchev–Trinajstić information content (AvgIpc) is 3.40. The number of aryl methyl sites for hydroxylation is 1. The molecule has 1 aromatic heterocycles. The van der Waals surface area contributed by atoms with Crippen LogP contribution in [0, 0.1) is 5.92 Å². The molecule has 0 radical (unpaired) electrons. The third-order valence-electron chi connectivity index (χ3n) is 6.21. The fraction of sp³-hybridized carbons (Fsp3) is 0.423. The van der Waals surface area contributed by atoms with E-state index in [1.165, 1.54) is 36.6 Å². The predicted octanol–water partition coefficient (Wildman–Crippen LogP) is 6.48. The van der Waals surface area contributed by atoms with Crippen LogP contribution in [0.2, 0.25) is 0 Å². The molecule has 1 heterocycles. The SMILES string of the molecule is CC(C)n1ccc2cc(-c3cc(CCC(=O)O)ccc3OCC3CCCC3)ccc21. The quantitative estimate of drug-likeness (QED) is 0.467. The first kappa shape index (κ1) is 20.5. The van der Waals surface area contributed by atoms with Gasteiger partial charge in [-0.15, -0.1) is 0 Å². The monoisotopic (exact) mass is 405 g/mol. The van der Waals surface area contributed by atoms with Crippen molar-refractivity contribution >= 4 is 16.9 Å². The van der Waals surface area contributed by atoms with Crippen LogP contribution in [0.4, 0.5) is 0 Å². The van der Waals surface area contributed by atoms with Gasteiger partial charge < -0.3 is 14.4 Å². The van der Waals surface area contributed by atoms with Crippen LogP contribution in [0.5, 0.6) is 5.75 Å². The zero-order chi connectivity index (χ0) is 21.1. The minimum atomic E-state index is -0.769. The van der Waals surface area contributed by atoms with Crippen LogP contribution in [0.3, 0.4) is 0 Å². The minimum Gasteiger partial charge on any atom is -0.493 e. The maximum atomic E-state index is 11.0. The number of benzene rings is 2. The molecular weight excluding hydrogens is 374 g/mol. The molecule has 1 fully saturated rings. The van der Waals surface area contributed by atoms with Crippen LogP contribution < -0.4 is 4.74 Å². The maximum absolute atomic E-state index is 11.0. The Morgan fingerprint density at radius 3 is 2.67 bits per heavy atom. The first-order chi connectivity index (χ1) is 14.5. The van der Waals surface area contributed by atoms with Crippen LogP contribution in [0.25, 0.3) is 22.0 Å². The molecule has 0 spiro atoms. The molecule has 0 amide bonds. The summed E-state index contributed by atoms with van der Waals surface area (Å²) in [6.07, 6.45) is 7.91. The van der Waals surface area contributed by atoms with Crippen molar-refractivity contribution in [2.75, 3.05) is 6.61 Å². The van der Waals surface area contributed by atoms with Crippen LogP contribution >= 0.6 is 0 Å². The Hall–Kier alpha value is -2.75. The van der Waals surface area contributed by atoms with E-state index in [-0.39, 0.29) is 6.42 Å². The third kappa shape index (κ3) is 4.53. The summed E-state index contributed by atoms with van der Waals surface area (Å²) in [6, 6.07) is 15.2. The molecule has 1 aliphatic carbocycles. The smallest absolute Gasteiger partial charge is 0.303 e. The summed E-state index contributed by atoms with van der Waals surface area (Å²) in [6.45, 7) is 5.13. The third-order valence-corrected chi connectivity index (χ3v) is 6.21. The van der Waals surface area contributed by atoms with E-state index in [4.69, 9.17) is 9.84 Å². The summed E-state index contributed by atoms with van der Waals surface area (Å²) < 4.78 is 8.57. The Morgan fingerprint density at radius 1 is 1.13 bits per heavy atom. The van der Waals surface area contributed by atoms with Gasteiger partial charge in [0.2, 0.25) is 0 Å². The van der Waals surface area contributed by atoms with Gasteiger partial charge in [-0.05, 0) is 80.5 Å². The fourth-order valence-electron chi connectivity index (χ4n) is 4.50. The predicted molar refractivity (Wildman–Crippen MR) is 121 cm³/mol. The van der Waals surface area contributed by atoms with Crippen LogP contribution in [-0.4, -0.2) is 22.2 Å². The van der Waals surface area contributed by atoms with E-state index in [1.54, 1.807) is 0 Å². The zero-order valence-corrected chi connectivity index (χ0v) is 17.9. The lowest BCUT2D eigenvalue weighted by Crippen LogP contribution is -2.09. The summed E-state index contributed by atoms with van der Waals surface area (Å²) >= 11 is 0. The van der Waals surface area contributed by atoms with Crippen molar-refractivity contribution in [3.8, 4) is 16.9 Å². The number of aliphatic carboxylic acids is 1. The highest BCUT2D eigenvalue weighted by Crippen LogP contribution is 2.35. The second-order valence-electron chi connectivity index (χ2n) is 8.78. The van der Waals surface area contributed by atoms with Crippen LogP contribution in [0.1, 0.15) is 57.6 Å². The molecule has 3 aromatic rings. The van der Waals surface area contributed by atoms with Crippen molar-refractivity contribution in [3.05, 3.63) is 54.2 Å². The van der Waals surface area contributed by atoms with E-state index in [9.17, 15) is 4.79 Å². The number of hydrogen-bond donors (Lipinski definition) is 1. The second kappa shape index (κ2) is 8.95. The average molecular weight is 406 g/mol. The van der Waals surface area contributed by atoms with Crippen LogP contribution in [-0.2, 0) is 11.2 Å². The Balaban J connectivity index is 1.67. The summed E-state index contributed by atoms with van der Waals surface area (Å²) in [5.41, 5.74) is 4.42. The van der Waals surface area contributed by atoms with Gasteiger partial charge in [0, 0.05) is 35.1 Å². The lowest BCUT2D eigenvalue weighted by molar-refractivity contribution is -0.136. The topological polar surface area (TPSA) is 51.5 Å². The summed E-state index contributed by atoms with van der Waals surface area (Å²) in [5.74, 6) is 0.769. The Labute approximate surface area is 178 Å². The number of carboxylic acid groups (broad SMARTS) is 1. The van der Waals surface area contributed by atoms with Crippen molar-refractivity contribution in [2.24, 2.45) is 5.92 Å². The second-order valence-corrected chi connectivity index (χ2v) is 8.78. The molecule has 4 nitrogen and oxygen atoms in total. The van der Waals surface area contributed by atoms with Gasteiger partial charge in [0.15, 0.2) is 0 Å². The summed E-state index contributed by atoms with van der Waals surface area (Å²) in [4.78, 5) is 11.0. The summed E-state index contributed by atoms with van der Waals surface area (Å²) in [7, 11) is 0. The van der Waals surface area contributed by atoms with E-state index >= 15 is 0 Å². The molecule has 1 aliphatic rings. The Kier molecular flexibility index (Phi) is 6.12. The number of carbonyl (C=O) groups is 1. The van der Waals surface area contributed by atoms with Gasteiger partial charge in [0.05, 0.1) is 6.61 Å². The molecule has 0 unspecified atom stereocenters. The minimum absolute atomic E-state index is 0.137. The van der Waals surface area contributed by atoms with Gasteiger partial charge in [-0.2, -0.15) is 0 Å². The van der Waals surface area contributed by atoms with Gasteiger partial charge in [-0.1, -0.05) is 25.0 Å². The van der Waals surface area contributed by atoms with Crippen molar-refractivity contribution in [3.63, 3.8) is 0 Å². The molecular formula is C26H31NO3. The number of nitrogens with zero attached hydrogens (tertiary/aromatic N) is 1. The first-order valence-corrected chi connectivity index (χ1v) is 11.1. The largest absolute Gasteiger partial charge is 0.493 e. The van der Waals surface area contributed by atoms with Gasteiger partial charge in [0.1, 0.15) is 5.75 Å². The molecule has 0 aliphatic heterocycles. The molecule has 0 bridgehead atoms. The lowest BCUT2D eigenvalue weighted by atomic mass is 9.98. The number of ether oxygens (including phenoxy) is 1. The van der Waals surface area contributed by atoms with Gasteiger partial charge in [-0.3, -0.25) is 4.79 Å². The number of hydrogen-bond acceptors (Lipinski definition) is 2. The molecule has 0 atom stereocenters. The van der Waals surface area contributed by atoms with E-state index in [1.807, 2.05) is 12.1 Å². The van der Waals surface area contributed by atoms with Crippen molar-refractivity contribution in [1.29, 1.82) is 0 Å². The van der Waals surface area contributed by atoms with Crippen molar-refractivity contribution < 1.29 is 14.6 Å². The fourth-order valence-corrected chi connectivity index (χ4v) is 4.50. The number of rotatable bonds is 8. The Bertz CT molecular complexity index is 1030.